The zero-order valence-electron chi connectivity index (χ0n) is 33.3. The highest BCUT2D eigenvalue weighted by Gasteiger charge is 2.45. The van der Waals surface area contributed by atoms with E-state index in [1.165, 1.54) is 0 Å². The largest absolute Gasteiger partial charge is 0.458 e. The molecule has 4 aliphatic heterocycles. The first-order chi connectivity index (χ1) is 30.7. The van der Waals surface area contributed by atoms with E-state index in [1.807, 2.05) is 36.4 Å². The molecule has 290 valence electrons. The van der Waals surface area contributed by atoms with Crippen LogP contribution in [0.5, 0.6) is 46.0 Å². The van der Waals surface area contributed by atoms with E-state index in [0.717, 1.165) is 113 Å². The van der Waals surface area contributed by atoms with Gasteiger partial charge in [0.25, 0.3) is 13.4 Å². The fourth-order valence-electron chi connectivity index (χ4n) is 9.82. The van der Waals surface area contributed by atoms with Gasteiger partial charge in [0.1, 0.15) is 46.0 Å². The standard InChI is InChI=1S/C54H34B2N2O4/c1-5-17-35(18-6-1)57(36-19-7-2-8-20-36)39-29-49-53-51(31-39)61-47-33-44-48(34-43(47)55(53)41-25-13-15-27-45(41)59-49)62-52-32-40(30-50-54(52)56(44)42-26-14-16-28-46(42)60-50)58(37-21-9-3-10-22-37)38-23-11-4-12-24-38/h1-34H. The van der Waals surface area contributed by atoms with Gasteiger partial charge in [0.05, 0.1) is 11.4 Å². The summed E-state index contributed by atoms with van der Waals surface area (Å²) in [5.74, 6) is 6.29. The maximum absolute atomic E-state index is 7.13. The zero-order valence-corrected chi connectivity index (χ0v) is 33.3. The number of nitrogens with zero attached hydrogens (tertiary/aromatic N) is 2. The van der Waals surface area contributed by atoms with Crippen molar-refractivity contribution in [2.45, 2.75) is 0 Å². The molecule has 0 saturated heterocycles. The molecule has 4 heterocycles. The van der Waals surface area contributed by atoms with Crippen molar-refractivity contribution in [3.63, 3.8) is 0 Å². The molecule has 8 heteroatoms. The van der Waals surface area contributed by atoms with Crippen LogP contribution in [0.3, 0.4) is 0 Å². The molecule has 0 saturated carbocycles. The van der Waals surface area contributed by atoms with Gasteiger partial charge in [-0.05, 0) is 94.6 Å². The molecule has 0 fully saturated rings. The van der Waals surface area contributed by atoms with Crippen LogP contribution in [-0.4, -0.2) is 13.4 Å². The molecule has 4 aliphatic rings. The average Bonchev–Trinajstić information content (AvgIpc) is 3.32. The molecule has 9 aromatic carbocycles. The van der Waals surface area contributed by atoms with E-state index in [0.29, 0.717) is 0 Å². The second kappa shape index (κ2) is 13.7. The Morgan fingerprint density at radius 1 is 0.242 bits per heavy atom. The maximum Gasteiger partial charge on any atom is 0.260 e. The highest BCUT2D eigenvalue weighted by Crippen LogP contribution is 2.45. The topological polar surface area (TPSA) is 43.4 Å². The number of hydrogen-bond donors (Lipinski definition) is 0. The lowest BCUT2D eigenvalue weighted by molar-refractivity contribution is 0.457. The van der Waals surface area contributed by atoms with Gasteiger partial charge in [-0.25, -0.2) is 0 Å². The first-order valence-electron chi connectivity index (χ1n) is 21.0. The van der Waals surface area contributed by atoms with Crippen molar-refractivity contribution in [3.05, 3.63) is 206 Å². The molecule has 0 unspecified atom stereocenters. The quantitative estimate of drug-likeness (QED) is 0.156. The molecule has 62 heavy (non-hydrogen) atoms. The van der Waals surface area contributed by atoms with Crippen molar-refractivity contribution in [1.82, 2.24) is 0 Å². The van der Waals surface area contributed by atoms with Crippen LogP contribution < -0.4 is 61.5 Å². The number of para-hydroxylation sites is 6. The van der Waals surface area contributed by atoms with Crippen molar-refractivity contribution in [3.8, 4) is 46.0 Å². The van der Waals surface area contributed by atoms with Crippen molar-refractivity contribution >= 4 is 80.3 Å². The highest BCUT2D eigenvalue weighted by molar-refractivity contribution is 7.00. The third-order valence-electron chi connectivity index (χ3n) is 12.4. The SMILES string of the molecule is c1ccc(N(c2ccccc2)c2cc3c4c(c2)Oc2cc5c(cc2B4c2ccccc2O3)Oc2cc(N(c3ccccc3)c3ccccc3)cc3c2B5c2ccccc2O3)cc1. The number of ether oxygens (including phenoxy) is 4. The minimum absolute atomic E-state index is 0.157. The van der Waals surface area contributed by atoms with Crippen LogP contribution in [0, 0.1) is 0 Å². The molecule has 9 aromatic rings. The van der Waals surface area contributed by atoms with Crippen LogP contribution >= 0.6 is 0 Å². The van der Waals surface area contributed by atoms with Crippen molar-refractivity contribution < 1.29 is 18.9 Å². The molecular weight excluding hydrogens is 762 g/mol. The van der Waals surface area contributed by atoms with Gasteiger partial charge in [-0.2, -0.15) is 0 Å². The first-order valence-corrected chi connectivity index (χ1v) is 21.0. The van der Waals surface area contributed by atoms with Gasteiger partial charge in [-0.15, -0.1) is 0 Å². The van der Waals surface area contributed by atoms with Gasteiger partial charge < -0.3 is 28.7 Å². The summed E-state index contributed by atoms with van der Waals surface area (Å²) >= 11 is 0. The van der Waals surface area contributed by atoms with Gasteiger partial charge >= 0.3 is 0 Å². The number of benzene rings is 9. The number of fused-ring (bicyclic) bond motifs is 8. The van der Waals surface area contributed by atoms with E-state index in [1.54, 1.807) is 0 Å². The summed E-state index contributed by atoms with van der Waals surface area (Å²) < 4.78 is 27.9. The van der Waals surface area contributed by atoms with Crippen LogP contribution in [0.4, 0.5) is 34.1 Å². The monoisotopic (exact) mass is 796 g/mol. The van der Waals surface area contributed by atoms with E-state index >= 15 is 0 Å². The minimum Gasteiger partial charge on any atom is -0.458 e. The van der Waals surface area contributed by atoms with E-state index in [4.69, 9.17) is 18.9 Å². The van der Waals surface area contributed by atoms with Crippen LogP contribution in [0.25, 0.3) is 0 Å². The summed E-state index contributed by atoms with van der Waals surface area (Å²) in [4.78, 5) is 4.50. The molecule has 6 nitrogen and oxygen atoms in total. The van der Waals surface area contributed by atoms with Crippen molar-refractivity contribution in [2.24, 2.45) is 0 Å². The Labute approximate surface area is 359 Å². The normalized spacial score (nSPS) is 13.0. The third kappa shape index (κ3) is 5.40. The second-order valence-electron chi connectivity index (χ2n) is 16.0. The Kier molecular flexibility index (Phi) is 7.69. The Bertz CT molecular complexity index is 2930. The molecular formula is C54H34B2N2O4. The molecule has 0 amide bonds. The summed E-state index contributed by atoms with van der Waals surface area (Å²) in [6.45, 7) is -0.314. The van der Waals surface area contributed by atoms with Gasteiger partial charge in [0.15, 0.2) is 0 Å². The summed E-state index contributed by atoms with van der Waals surface area (Å²) in [7, 11) is 0. The van der Waals surface area contributed by atoms with Crippen LogP contribution in [0.1, 0.15) is 0 Å². The summed E-state index contributed by atoms with van der Waals surface area (Å²) in [5.41, 5.74) is 12.2. The molecule has 0 radical (unpaired) electrons. The Balaban J connectivity index is 0.997. The molecule has 0 spiro atoms. The van der Waals surface area contributed by atoms with Gasteiger partial charge in [-0.1, -0.05) is 109 Å². The predicted octanol–water partition coefficient (Wildman–Crippen LogP) is 10.1. The molecule has 0 aliphatic carbocycles. The number of hydrogen-bond acceptors (Lipinski definition) is 6. The fourth-order valence-corrected chi connectivity index (χ4v) is 9.82. The van der Waals surface area contributed by atoms with Gasteiger partial charge in [-0.3, -0.25) is 0 Å². The second-order valence-corrected chi connectivity index (χ2v) is 16.0. The highest BCUT2D eigenvalue weighted by atomic mass is 16.5. The van der Waals surface area contributed by atoms with Crippen LogP contribution in [0.15, 0.2) is 206 Å². The van der Waals surface area contributed by atoms with E-state index < -0.39 is 0 Å². The maximum atomic E-state index is 7.13. The lowest BCUT2D eigenvalue weighted by Crippen LogP contribution is -2.60. The summed E-state index contributed by atoms with van der Waals surface area (Å²) in [6.07, 6.45) is 0. The molecule has 0 N–H and O–H groups in total. The molecule has 0 aromatic heterocycles. The average molecular weight is 797 g/mol. The van der Waals surface area contributed by atoms with Crippen LogP contribution in [-0.2, 0) is 0 Å². The van der Waals surface area contributed by atoms with Gasteiger partial charge in [0, 0.05) is 57.9 Å². The smallest absolute Gasteiger partial charge is 0.260 e. The molecule has 0 bridgehead atoms. The molecule has 13 rings (SSSR count). The number of rotatable bonds is 6. The predicted molar refractivity (Wildman–Crippen MR) is 251 cm³/mol. The van der Waals surface area contributed by atoms with E-state index in [-0.39, 0.29) is 13.4 Å². The van der Waals surface area contributed by atoms with Crippen LogP contribution in [0.2, 0.25) is 0 Å². The Morgan fingerprint density at radius 2 is 0.532 bits per heavy atom. The van der Waals surface area contributed by atoms with Crippen molar-refractivity contribution in [2.75, 3.05) is 9.80 Å². The van der Waals surface area contributed by atoms with Crippen molar-refractivity contribution in [1.29, 1.82) is 0 Å². The van der Waals surface area contributed by atoms with E-state index in [9.17, 15) is 0 Å². The van der Waals surface area contributed by atoms with E-state index in [2.05, 4.69) is 180 Å². The fraction of sp³-hybridized carbons (Fsp3) is 0. The van der Waals surface area contributed by atoms with Gasteiger partial charge in [0.2, 0.25) is 0 Å². The Morgan fingerprint density at radius 3 is 0.871 bits per heavy atom. The number of anilines is 6. The third-order valence-corrected chi connectivity index (χ3v) is 12.4. The first kappa shape index (κ1) is 34.7. The zero-order chi connectivity index (χ0) is 40.7. The lowest BCUT2D eigenvalue weighted by atomic mass is 9.32. The minimum atomic E-state index is -0.157. The summed E-state index contributed by atoms with van der Waals surface area (Å²) in [6, 6.07) is 71.4. The summed E-state index contributed by atoms with van der Waals surface area (Å²) in [5, 5.41) is 0. The lowest BCUT2D eigenvalue weighted by Gasteiger charge is -2.37. The Hall–Kier alpha value is -8.09. The molecule has 0 atom stereocenters.